The van der Waals surface area contributed by atoms with E-state index in [1.807, 2.05) is 0 Å². The molecule has 0 spiro atoms. The van der Waals surface area contributed by atoms with Crippen molar-refractivity contribution in [1.29, 1.82) is 0 Å². The molecule has 0 aliphatic heterocycles. The molecule has 0 heterocycles. The third-order valence-electron chi connectivity index (χ3n) is 2.21. The van der Waals surface area contributed by atoms with E-state index < -0.39 is 0 Å². The second-order valence-corrected chi connectivity index (χ2v) is 2.81. The van der Waals surface area contributed by atoms with Crippen LogP contribution in [-0.4, -0.2) is 0 Å². The van der Waals surface area contributed by atoms with Gasteiger partial charge < -0.3 is 0 Å². The molecule has 0 aromatic carbocycles. The molecule has 2 aliphatic rings. The van der Waals surface area contributed by atoms with Gasteiger partial charge in [0.15, 0.2) is 0 Å². The Hall–Kier alpha value is -0.0266. The molecule has 1 unspecified atom stereocenters. The fourth-order valence-corrected chi connectivity index (χ4v) is 1.66. The van der Waals surface area contributed by atoms with Crippen molar-refractivity contribution in [3.8, 4) is 0 Å². The standard InChI is InChI=1S/C9H11.Ru/c1-2-5-9-7-3-6-8(9)4-1;/h1-2,4,6,9H,3,5,7H2;/q-1;+1. The van der Waals surface area contributed by atoms with Gasteiger partial charge >= 0.3 is 19.5 Å². The SMILES string of the molecule is C1=CCC2CC[CH-]C2=C1.[Ru+]. The van der Waals surface area contributed by atoms with Crippen molar-refractivity contribution < 1.29 is 19.5 Å². The van der Waals surface area contributed by atoms with Crippen LogP contribution in [0.1, 0.15) is 19.3 Å². The largest absolute Gasteiger partial charge is 1.00 e. The van der Waals surface area contributed by atoms with Gasteiger partial charge in [0.2, 0.25) is 0 Å². The molecular weight excluding hydrogens is 209 g/mol. The maximum atomic E-state index is 2.37. The van der Waals surface area contributed by atoms with Crippen LogP contribution < -0.4 is 0 Å². The summed E-state index contributed by atoms with van der Waals surface area (Å²) in [5.41, 5.74) is 1.58. The van der Waals surface area contributed by atoms with Gasteiger partial charge in [-0.3, -0.25) is 0 Å². The van der Waals surface area contributed by atoms with Crippen molar-refractivity contribution in [2.45, 2.75) is 19.3 Å². The van der Waals surface area contributed by atoms with Crippen LogP contribution in [-0.2, 0) is 19.5 Å². The maximum Gasteiger partial charge on any atom is 1.00 e. The molecule has 2 aliphatic carbocycles. The van der Waals surface area contributed by atoms with Crippen LogP contribution in [0.5, 0.6) is 0 Å². The molecule has 1 fully saturated rings. The normalized spacial score (nSPS) is 28.0. The smallest absolute Gasteiger partial charge is 0.227 e. The zero-order valence-corrected chi connectivity index (χ0v) is 7.60. The summed E-state index contributed by atoms with van der Waals surface area (Å²) < 4.78 is 0. The fraction of sp³-hybridized carbons (Fsp3) is 0.444. The monoisotopic (exact) mass is 221 g/mol. The van der Waals surface area contributed by atoms with Crippen LogP contribution in [0.2, 0.25) is 0 Å². The van der Waals surface area contributed by atoms with Crippen molar-refractivity contribution in [3.05, 3.63) is 30.2 Å². The van der Waals surface area contributed by atoms with Crippen LogP contribution in [0.4, 0.5) is 0 Å². The van der Waals surface area contributed by atoms with Gasteiger partial charge in [-0.25, -0.2) is 18.1 Å². The van der Waals surface area contributed by atoms with Gasteiger partial charge in [0.1, 0.15) is 0 Å². The van der Waals surface area contributed by atoms with E-state index in [2.05, 4.69) is 24.6 Å². The van der Waals surface area contributed by atoms with Crippen molar-refractivity contribution in [2.75, 3.05) is 0 Å². The first-order valence-corrected chi connectivity index (χ1v) is 3.67. The Morgan fingerprint density at radius 1 is 1.50 bits per heavy atom. The molecule has 0 amide bonds. The molecular formula is C9H11Ru. The topological polar surface area (TPSA) is 0 Å². The molecule has 0 aromatic heterocycles. The van der Waals surface area contributed by atoms with Gasteiger partial charge in [-0.1, -0.05) is 6.42 Å². The van der Waals surface area contributed by atoms with Crippen molar-refractivity contribution in [2.24, 2.45) is 5.92 Å². The van der Waals surface area contributed by atoms with E-state index in [1.54, 1.807) is 5.57 Å². The van der Waals surface area contributed by atoms with Gasteiger partial charge in [-0.2, -0.15) is 0 Å². The van der Waals surface area contributed by atoms with Gasteiger partial charge in [0.05, 0.1) is 0 Å². The molecule has 55 valence electrons. The van der Waals surface area contributed by atoms with E-state index >= 15 is 0 Å². The van der Waals surface area contributed by atoms with Crippen LogP contribution in [0, 0.1) is 12.3 Å². The van der Waals surface area contributed by atoms with Crippen molar-refractivity contribution in [1.82, 2.24) is 0 Å². The molecule has 0 saturated heterocycles. The second kappa shape index (κ2) is 3.39. The Balaban J connectivity index is 0.000000500. The van der Waals surface area contributed by atoms with Crippen molar-refractivity contribution in [3.63, 3.8) is 0 Å². The zero-order chi connectivity index (χ0) is 6.10. The van der Waals surface area contributed by atoms with Crippen LogP contribution >= 0.6 is 0 Å². The van der Waals surface area contributed by atoms with Gasteiger partial charge in [0.25, 0.3) is 0 Å². The predicted octanol–water partition coefficient (Wildman–Crippen LogP) is 2.48. The van der Waals surface area contributed by atoms with E-state index in [0.29, 0.717) is 0 Å². The fourth-order valence-electron chi connectivity index (χ4n) is 1.66. The van der Waals surface area contributed by atoms with Crippen LogP contribution in [0.25, 0.3) is 0 Å². The van der Waals surface area contributed by atoms with E-state index in [9.17, 15) is 0 Å². The molecule has 0 N–H and O–H groups in total. The first-order valence-electron chi connectivity index (χ1n) is 3.67. The second-order valence-electron chi connectivity index (χ2n) is 2.81. The minimum Gasteiger partial charge on any atom is -0.227 e. The number of fused-ring (bicyclic) bond motifs is 1. The third-order valence-corrected chi connectivity index (χ3v) is 2.21. The first kappa shape index (κ1) is 8.07. The van der Waals surface area contributed by atoms with E-state index in [0.717, 1.165) is 5.92 Å². The van der Waals surface area contributed by atoms with Crippen LogP contribution in [0.3, 0.4) is 0 Å². The first-order chi connectivity index (χ1) is 4.47. The van der Waals surface area contributed by atoms with Crippen molar-refractivity contribution >= 4 is 0 Å². The number of allylic oxidation sites excluding steroid dienone is 4. The molecule has 10 heavy (non-hydrogen) atoms. The Morgan fingerprint density at radius 3 is 3.20 bits per heavy atom. The summed E-state index contributed by atoms with van der Waals surface area (Å²) in [7, 11) is 0. The molecule has 0 aromatic rings. The summed E-state index contributed by atoms with van der Waals surface area (Å²) >= 11 is 0. The van der Waals surface area contributed by atoms with E-state index in [4.69, 9.17) is 0 Å². The van der Waals surface area contributed by atoms with Gasteiger partial charge in [0, 0.05) is 0 Å². The summed E-state index contributed by atoms with van der Waals surface area (Å²) in [5, 5.41) is 0. The third kappa shape index (κ3) is 1.35. The number of rotatable bonds is 0. The molecule has 1 atom stereocenters. The average Bonchev–Trinajstić information content (AvgIpc) is 2.33. The minimum absolute atomic E-state index is 0. The Morgan fingerprint density at radius 2 is 2.40 bits per heavy atom. The predicted molar refractivity (Wildman–Crippen MR) is 38.9 cm³/mol. The maximum absolute atomic E-state index is 2.37. The Labute approximate surface area is 75.2 Å². The summed E-state index contributed by atoms with van der Waals surface area (Å²) in [6, 6.07) is 0. The number of hydrogen-bond donors (Lipinski definition) is 0. The van der Waals surface area contributed by atoms with Crippen LogP contribution in [0.15, 0.2) is 23.8 Å². The number of hydrogen-bond acceptors (Lipinski definition) is 0. The quantitative estimate of drug-likeness (QED) is 0.434. The van der Waals surface area contributed by atoms with E-state index in [1.165, 1.54) is 19.3 Å². The molecule has 1 saturated carbocycles. The zero-order valence-electron chi connectivity index (χ0n) is 5.86. The summed E-state index contributed by atoms with van der Waals surface area (Å²) in [4.78, 5) is 0. The Bertz CT molecular complexity index is 168. The average molecular weight is 220 g/mol. The van der Waals surface area contributed by atoms with Gasteiger partial charge in [-0.05, 0) is 12.3 Å². The summed E-state index contributed by atoms with van der Waals surface area (Å²) in [6.45, 7) is 0. The van der Waals surface area contributed by atoms with Gasteiger partial charge in [-0.15, -0.1) is 18.6 Å². The molecule has 0 nitrogen and oxygen atoms in total. The molecule has 2 rings (SSSR count). The minimum atomic E-state index is 0. The summed E-state index contributed by atoms with van der Waals surface area (Å²) in [6.07, 6.45) is 13.0. The summed E-state index contributed by atoms with van der Waals surface area (Å²) in [5.74, 6) is 0.884. The van der Waals surface area contributed by atoms with E-state index in [-0.39, 0.29) is 19.5 Å². The molecule has 1 radical (unpaired) electrons. The molecule has 1 heteroatoms. The Kier molecular flexibility index (Phi) is 2.74. The molecule has 0 bridgehead atoms.